The highest BCUT2D eigenvalue weighted by atomic mass is 32.5. The predicted molar refractivity (Wildman–Crippen MR) is 101 cm³/mol. The Morgan fingerprint density at radius 1 is 1.07 bits per heavy atom. The van der Waals surface area contributed by atoms with E-state index >= 15 is 0 Å². The molecule has 0 aliphatic carbocycles. The van der Waals surface area contributed by atoms with Crippen molar-refractivity contribution in [1.82, 2.24) is 19.3 Å². The molecule has 30 heavy (non-hydrogen) atoms. The van der Waals surface area contributed by atoms with Crippen LogP contribution in [0.2, 0.25) is 0 Å². The van der Waals surface area contributed by atoms with E-state index in [1.165, 1.54) is 25.6 Å². The molecule has 3 aromatic rings. The fraction of sp³-hybridized carbons (Fsp3) is 0.125. The van der Waals surface area contributed by atoms with Gasteiger partial charge in [0.05, 0.1) is 23.8 Å². The number of sulfonamides is 1. The minimum atomic E-state index is -9.81. The van der Waals surface area contributed by atoms with Crippen LogP contribution in [0.3, 0.4) is 0 Å². The lowest BCUT2D eigenvalue weighted by atomic mass is 10.2. The van der Waals surface area contributed by atoms with Gasteiger partial charge < -0.3 is 9.30 Å². The van der Waals surface area contributed by atoms with Gasteiger partial charge in [-0.1, -0.05) is 19.4 Å². The van der Waals surface area contributed by atoms with Crippen molar-refractivity contribution in [1.29, 1.82) is 0 Å². The van der Waals surface area contributed by atoms with Crippen LogP contribution < -0.4 is 9.46 Å². The minimum Gasteiger partial charge on any atom is -0.438 e. The average Bonchev–Trinajstić information content (AvgIpc) is 3.06. The van der Waals surface area contributed by atoms with Crippen LogP contribution in [-0.4, -0.2) is 30.0 Å². The summed E-state index contributed by atoms with van der Waals surface area (Å²) in [4.78, 5) is 5.75. The third-order valence-electron chi connectivity index (χ3n) is 3.87. The highest BCUT2D eigenvalue weighted by molar-refractivity contribution is 8.45. The van der Waals surface area contributed by atoms with Gasteiger partial charge in [-0.25, -0.2) is 23.1 Å². The van der Waals surface area contributed by atoms with Crippen molar-refractivity contribution in [3.05, 3.63) is 49.1 Å². The van der Waals surface area contributed by atoms with Crippen LogP contribution >= 0.6 is 10.2 Å². The van der Waals surface area contributed by atoms with Crippen molar-refractivity contribution in [3.8, 4) is 22.9 Å². The molecule has 0 spiro atoms. The molecule has 0 fully saturated rings. The van der Waals surface area contributed by atoms with E-state index in [-0.39, 0.29) is 39.9 Å². The summed E-state index contributed by atoms with van der Waals surface area (Å²) in [5, 5.41) is 0. The number of halogens is 5. The largest absolute Gasteiger partial charge is 0.438 e. The van der Waals surface area contributed by atoms with Gasteiger partial charge in [-0.15, -0.1) is 0 Å². The molecule has 1 N–H and O–H groups in total. The molecule has 0 amide bonds. The van der Waals surface area contributed by atoms with Crippen LogP contribution in [0, 0.1) is 0 Å². The zero-order chi connectivity index (χ0) is 22.4. The van der Waals surface area contributed by atoms with Crippen LogP contribution in [-0.2, 0) is 17.1 Å². The predicted octanol–water partition coefficient (Wildman–Crippen LogP) is 4.84. The molecule has 0 aliphatic rings. The van der Waals surface area contributed by atoms with E-state index in [0.717, 1.165) is 18.3 Å². The highest BCUT2D eigenvalue weighted by Gasteiger charge is 2.65. The standard InChI is InChI=1S/C16H15F5N4O3S2/c1-22-29(26,27)12-7-14(15-9-25(2)10-24-15)16(23-8-12)28-11-3-5-13(6-4-11)30(17,18,19,20)21/h3-10,22H,1-2H3. The lowest BCUT2D eigenvalue weighted by Crippen LogP contribution is -2.18. The summed E-state index contributed by atoms with van der Waals surface area (Å²) >= 11 is 0. The number of aryl methyl sites for hydroxylation is 1. The molecule has 1 aromatic carbocycles. The van der Waals surface area contributed by atoms with E-state index in [1.54, 1.807) is 11.6 Å². The molecular formula is C16H15F5N4O3S2. The Kier molecular flexibility index (Phi) is 4.68. The average molecular weight is 470 g/mol. The first-order chi connectivity index (χ1) is 13.6. The topological polar surface area (TPSA) is 86.1 Å². The number of pyridine rings is 1. The van der Waals surface area contributed by atoms with Crippen molar-refractivity contribution >= 4 is 20.2 Å². The number of imidazole rings is 1. The second kappa shape index (κ2) is 6.39. The van der Waals surface area contributed by atoms with Gasteiger partial charge in [0, 0.05) is 13.2 Å². The third kappa shape index (κ3) is 4.71. The molecule has 3 rings (SSSR count). The van der Waals surface area contributed by atoms with Gasteiger partial charge in [0.25, 0.3) is 0 Å². The van der Waals surface area contributed by atoms with Crippen molar-refractivity contribution in [2.45, 2.75) is 9.79 Å². The molecule has 0 saturated carbocycles. The molecular weight excluding hydrogens is 455 g/mol. The quantitative estimate of drug-likeness (QED) is 0.521. The number of nitrogens with zero attached hydrogens (tertiary/aromatic N) is 3. The summed E-state index contributed by atoms with van der Waals surface area (Å²) in [7, 11) is -10.8. The molecule has 0 bridgehead atoms. The van der Waals surface area contributed by atoms with Gasteiger partial charge in [-0.2, -0.15) is 0 Å². The molecule has 0 atom stereocenters. The molecule has 14 heteroatoms. The number of nitrogens with one attached hydrogen (secondary N) is 1. The van der Waals surface area contributed by atoms with E-state index in [0.29, 0.717) is 0 Å². The highest BCUT2D eigenvalue weighted by Crippen LogP contribution is 3.02. The van der Waals surface area contributed by atoms with Gasteiger partial charge in [0.2, 0.25) is 15.9 Å². The Morgan fingerprint density at radius 3 is 2.20 bits per heavy atom. The Labute approximate surface area is 168 Å². The third-order valence-corrected chi connectivity index (χ3v) is 6.41. The van der Waals surface area contributed by atoms with Crippen LogP contribution in [0.5, 0.6) is 11.6 Å². The maximum Gasteiger partial charge on any atom is 0.310 e. The smallest absolute Gasteiger partial charge is 0.310 e. The Morgan fingerprint density at radius 2 is 1.70 bits per heavy atom. The number of rotatable bonds is 6. The van der Waals surface area contributed by atoms with Crippen molar-refractivity contribution in [2.75, 3.05) is 7.05 Å². The lowest BCUT2D eigenvalue weighted by molar-refractivity contribution is 0.363. The Bertz CT molecular complexity index is 1210. The second-order valence-electron chi connectivity index (χ2n) is 6.20. The van der Waals surface area contributed by atoms with Crippen LogP contribution in [0.15, 0.2) is 58.8 Å². The Hall–Kier alpha value is -2.71. The fourth-order valence-electron chi connectivity index (χ4n) is 2.39. The van der Waals surface area contributed by atoms with E-state index in [9.17, 15) is 27.8 Å². The summed E-state index contributed by atoms with van der Waals surface area (Å²) in [6.45, 7) is 0. The fourth-order valence-corrected chi connectivity index (χ4v) is 3.74. The number of hydrogen-bond donors (Lipinski definition) is 1. The van der Waals surface area contributed by atoms with Crippen molar-refractivity contribution in [3.63, 3.8) is 0 Å². The minimum absolute atomic E-state index is 0.128. The summed E-state index contributed by atoms with van der Waals surface area (Å²) in [6, 6.07) is 3.07. The second-order valence-corrected chi connectivity index (χ2v) is 10.5. The van der Waals surface area contributed by atoms with Gasteiger partial charge in [0.15, 0.2) is 0 Å². The normalized spacial score (nSPS) is 14.8. The Balaban J connectivity index is 2.04. The number of aromatic nitrogens is 3. The van der Waals surface area contributed by atoms with E-state index in [4.69, 9.17) is 4.74 Å². The van der Waals surface area contributed by atoms with Crippen LogP contribution in [0.1, 0.15) is 0 Å². The molecule has 2 heterocycles. The summed E-state index contributed by atoms with van der Waals surface area (Å²) in [5.74, 6) is -0.390. The zero-order valence-corrected chi connectivity index (χ0v) is 17.0. The first-order valence-corrected chi connectivity index (χ1v) is 11.5. The summed E-state index contributed by atoms with van der Waals surface area (Å²) in [6.07, 6.45) is 3.95. The molecule has 0 unspecified atom stereocenters. The first-order valence-electron chi connectivity index (χ1n) is 8.03. The SMILES string of the molecule is CNS(=O)(=O)c1cnc(Oc2ccc(S(F)(F)(F)(F)F)cc2)c(-c2cn(C)cn2)c1. The summed E-state index contributed by atoms with van der Waals surface area (Å²) in [5.41, 5.74) is 0.403. The molecule has 164 valence electrons. The van der Waals surface area contributed by atoms with Crippen molar-refractivity contribution < 1.29 is 32.6 Å². The van der Waals surface area contributed by atoms with Crippen molar-refractivity contribution in [2.24, 2.45) is 7.05 Å². The van der Waals surface area contributed by atoms with Gasteiger partial charge in [-0.05, 0) is 37.4 Å². The van der Waals surface area contributed by atoms with E-state index < -0.39 is 25.1 Å². The lowest BCUT2D eigenvalue weighted by Gasteiger charge is -2.40. The van der Waals surface area contributed by atoms with E-state index in [2.05, 4.69) is 14.7 Å². The monoisotopic (exact) mass is 470 g/mol. The van der Waals surface area contributed by atoms with E-state index in [1.807, 2.05) is 0 Å². The van der Waals surface area contributed by atoms with Gasteiger partial charge in [0.1, 0.15) is 15.5 Å². The molecule has 7 nitrogen and oxygen atoms in total. The van der Waals surface area contributed by atoms with Crippen LogP contribution in [0.25, 0.3) is 11.3 Å². The number of ether oxygens (including phenoxy) is 1. The molecule has 2 aromatic heterocycles. The van der Waals surface area contributed by atoms with Gasteiger partial charge >= 0.3 is 10.2 Å². The maximum absolute atomic E-state index is 12.9. The zero-order valence-electron chi connectivity index (χ0n) is 15.4. The first kappa shape index (κ1) is 22.0. The van der Waals surface area contributed by atoms with Crippen LogP contribution in [0.4, 0.5) is 19.4 Å². The summed E-state index contributed by atoms with van der Waals surface area (Å²) < 4.78 is 97.5. The molecule has 0 saturated heterocycles. The maximum atomic E-state index is 12.9. The molecule has 0 radical (unpaired) electrons. The number of benzene rings is 1. The molecule has 0 aliphatic heterocycles. The van der Waals surface area contributed by atoms with Gasteiger partial charge in [-0.3, -0.25) is 0 Å². The number of hydrogen-bond acceptors (Lipinski definition) is 5.